The molecule has 0 fully saturated rings. The molecule has 24 heavy (non-hydrogen) atoms. The Kier molecular flexibility index (Phi) is 4.53. The zero-order chi connectivity index (χ0) is 17.2. The van der Waals surface area contributed by atoms with E-state index in [1.807, 2.05) is 25.1 Å². The van der Waals surface area contributed by atoms with Crippen LogP contribution in [0.15, 0.2) is 47.6 Å². The predicted octanol–water partition coefficient (Wildman–Crippen LogP) is 3.14. The molecule has 1 aliphatic rings. The Morgan fingerprint density at radius 2 is 2.21 bits per heavy atom. The highest BCUT2D eigenvalue weighted by atomic mass is 32.2. The molecule has 2 heterocycles. The van der Waals surface area contributed by atoms with Gasteiger partial charge in [0.2, 0.25) is 5.95 Å². The summed E-state index contributed by atoms with van der Waals surface area (Å²) in [6.07, 6.45) is 2.08. The Morgan fingerprint density at radius 3 is 2.92 bits per heavy atom. The number of carbonyl (C=O) groups excluding carboxylic acids is 1. The number of hydrogen-bond acceptors (Lipinski definition) is 5. The molecule has 1 aromatic heterocycles. The van der Waals surface area contributed by atoms with Crippen molar-refractivity contribution < 1.29 is 9.18 Å². The minimum Gasteiger partial charge on any atom is -0.379 e. The van der Waals surface area contributed by atoms with Gasteiger partial charge in [0.25, 0.3) is 5.91 Å². The molecule has 7 heteroatoms. The van der Waals surface area contributed by atoms with E-state index in [4.69, 9.17) is 5.73 Å². The number of pyridine rings is 1. The molecule has 5 nitrogen and oxygen atoms in total. The largest absolute Gasteiger partial charge is 0.379 e. The number of thioether (sulfide) groups is 1. The molecule has 0 spiro atoms. The Bertz CT molecular complexity index is 793. The maximum Gasteiger partial charge on any atom is 0.257 e. The zero-order valence-corrected chi connectivity index (χ0v) is 13.9. The summed E-state index contributed by atoms with van der Waals surface area (Å²) < 4.78 is 12.8. The Hall–Kier alpha value is -2.41. The van der Waals surface area contributed by atoms with Crippen LogP contribution in [0.5, 0.6) is 0 Å². The second-order valence-corrected chi connectivity index (χ2v) is 6.84. The number of anilines is 1. The summed E-state index contributed by atoms with van der Waals surface area (Å²) in [4.78, 5) is 20.3. The lowest BCUT2D eigenvalue weighted by molar-refractivity contribution is 0.102. The molecule has 0 bridgehead atoms. The van der Waals surface area contributed by atoms with Crippen molar-refractivity contribution in [3.8, 4) is 0 Å². The second kappa shape index (κ2) is 6.60. The van der Waals surface area contributed by atoms with E-state index in [-0.39, 0.29) is 5.91 Å². The normalized spacial score (nSPS) is 20.3. The quantitative estimate of drug-likeness (QED) is 0.838. The van der Waals surface area contributed by atoms with Gasteiger partial charge >= 0.3 is 0 Å². The van der Waals surface area contributed by atoms with Gasteiger partial charge in [-0.05, 0) is 43.2 Å². The van der Waals surface area contributed by atoms with E-state index >= 15 is 0 Å². The smallest absolute Gasteiger partial charge is 0.257 e. The number of nitrogens with zero attached hydrogens (tertiary/aromatic N) is 2. The summed E-state index contributed by atoms with van der Waals surface area (Å²) >= 11 is 1.55. The van der Waals surface area contributed by atoms with Crippen LogP contribution in [0.4, 0.5) is 10.1 Å². The summed E-state index contributed by atoms with van der Waals surface area (Å²) in [6.45, 7) is 2.03. The minimum atomic E-state index is -0.618. The van der Waals surface area contributed by atoms with Crippen LogP contribution in [-0.2, 0) is 5.54 Å². The summed E-state index contributed by atoms with van der Waals surface area (Å²) in [6, 6.07) is 10.1. The summed E-state index contributed by atoms with van der Waals surface area (Å²) in [7, 11) is 0. The van der Waals surface area contributed by atoms with Gasteiger partial charge in [0, 0.05) is 17.6 Å². The first-order chi connectivity index (χ1) is 11.5. The average molecular weight is 344 g/mol. The van der Waals surface area contributed by atoms with Crippen LogP contribution in [0, 0.1) is 5.95 Å². The van der Waals surface area contributed by atoms with Crippen LogP contribution in [0.2, 0.25) is 0 Å². The molecule has 3 N–H and O–H groups in total. The number of amidine groups is 1. The highest BCUT2D eigenvalue weighted by molar-refractivity contribution is 8.13. The first kappa shape index (κ1) is 16.4. The number of aromatic nitrogens is 1. The third kappa shape index (κ3) is 3.56. The fraction of sp³-hybridized carbons (Fsp3) is 0.235. The van der Waals surface area contributed by atoms with E-state index in [2.05, 4.69) is 15.3 Å². The van der Waals surface area contributed by atoms with Crippen LogP contribution in [0.25, 0.3) is 0 Å². The average Bonchev–Trinajstić information content (AvgIpc) is 2.55. The Balaban J connectivity index is 1.82. The lowest BCUT2D eigenvalue weighted by atomic mass is 9.89. The number of aliphatic imine (C=N–C) groups is 1. The minimum absolute atomic E-state index is 0.296. The highest BCUT2D eigenvalue weighted by Gasteiger charge is 2.29. The van der Waals surface area contributed by atoms with Gasteiger partial charge in [-0.25, -0.2) is 4.98 Å². The van der Waals surface area contributed by atoms with Crippen LogP contribution >= 0.6 is 11.8 Å². The van der Waals surface area contributed by atoms with E-state index in [0.717, 1.165) is 23.8 Å². The monoisotopic (exact) mass is 344 g/mol. The Labute approximate surface area is 143 Å². The molecule has 1 unspecified atom stereocenters. The van der Waals surface area contributed by atoms with Crippen LogP contribution in [-0.4, -0.2) is 21.8 Å². The fourth-order valence-electron chi connectivity index (χ4n) is 2.54. The SMILES string of the molecule is CC1(c2cccc(NC(=O)c3ccc(F)nc3)c2)CCSC(N)=N1. The van der Waals surface area contributed by atoms with Crippen molar-refractivity contribution >= 4 is 28.5 Å². The number of hydrogen-bond donors (Lipinski definition) is 2. The summed E-state index contributed by atoms with van der Waals surface area (Å²) in [5.41, 5.74) is 7.40. The van der Waals surface area contributed by atoms with Crippen molar-refractivity contribution in [1.82, 2.24) is 4.98 Å². The van der Waals surface area contributed by atoms with E-state index in [0.29, 0.717) is 16.4 Å². The van der Waals surface area contributed by atoms with Gasteiger partial charge in [-0.1, -0.05) is 23.9 Å². The highest BCUT2D eigenvalue weighted by Crippen LogP contribution is 2.35. The van der Waals surface area contributed by atoms with Gasteiger partial charge in [-0.15, -0.1) is 0 Å². The van der Waals surface area contributed by atoms with Gasteiger partial charge in [0.05, 0.1) is 11.1 Å². The van der Waals surface area contributed by atoms with Crippen molar-refractivity contribution in [3.05, 3.63) is 59.7 Å². The molecule has 0 saturated carbocycles. The molecule has 2 aromatic rings. The molecule has 0 aliphatic carbocycles. The third-order valence-electron chi connectivity index (χ3n) is 3.93. The van der Waals surface area contributed by atoms with Gasteiger partial charge in [-0.2, -0.15) is 4.39 Å². The number of rotatable bonds is 3. The number of nitrogens with one attached hydrogen (secondary N) is 1. The van der Waals surface area contributed by atoms with E-state index in [1.54, 1.807) is 17.8 Å². The topological polar surface area (TPSA) is 80.4 Å². The first-order valence-corrected chi connectivity index (χ1v) is 8.46. The Morgan fingerprint density at radius 1 is 1.38 bits per heavy atom. The predicted molar refractivity (Wildman–Crippen MR) is 94.6 cm³/mol. The maximum absolute atomic E-state index is 12.8. The molecular weight excluding hydrogens is 327 g/mol. The lowest BCUT2D eigenvalue weighted by Crippen LogP contribution is -2.28. The summed E-state index contributed by atoms with van der Waals surface area (Å²) in [5.74, 6) is -0.0527. The summed E-state index contributed by atoms with van der Waals surface area (Å²) in [5, 5.41) is 3.38. The molecular formula is C17H17FN4OS. The van der Waals surface area contributed by atoms with Gasteiger partial charge in [0.1, 0.15) is 0 Å². The molecule has 1 amide bonds. The van der Waals surface area contributed by atoms with Crippen molar-refractivity contribution in [2.24, 2.45) is 10.7 Å². The third-order valence-corrected chi connectivity index (χ3v) is 4.72. The van der Waals surface area contributed by atoms with Gasteiger partial charge < -0.3 is 11.1 Å². The molecule has 1 aliphatic heterocycles. The molecule has 124 valence electrons. The number of halogens is 1. The first-order valence-electron chi connectivity index (χ1n) is 7.48. The van der Waals surface area contributed by atoms with E-state index in [1.165, 1.54) is 12.3 Å². The molecule has 0 saturated heterocycles. The van der Waals surface area contributed by atoms with E-state index < -0.39 is 11.5 Å². The zero-order valence-electron chi connectivity index (χ0n) is 13.1. The number of carbonyl (C=O) groups is 1. The standard InChI is InChI=1S/C17H17FN4OS/c1-17(7-8-24-16(19)22-17)12-3-2-4-13(9-12)21-15(23)11-5-6-14(18)20-10-11/h2-6,9-10H,7-8H2,1H3,(H2,19,22)(H,21,23). The number of benzene rings is 1. The van der Waals surface area contributed by atoms with Crippen LogP contribution in [0.1, 0.15) is 29.3 Å². The lowest BCUT2D eigenvalue weighted by Gasteiger charge is -2.30. The van der Waals surface area contributed by atoms with Crippen LogP contribution < -0.4 is 11.1 Å². The fourth-order valence-corrected chi connectivity index (χ4v) is 3.51. The van der Waals surface area contributed by atoms with Crippen molar-refractivity contribution in [3.63, 3.8) is 0 Å². The molecule has 1 aromatic carbocycles. The molecule has 1 atom stereocenters. The van der Waals surface area contributed by atoms with Gasteiger partial charge in [-0.3, -0.25) is 9.79 Å². The molecule has 0 radical (unpaired) electrons. The van der Waals surface area contributed by atoms with E-state index in [9.17, 15) is 9.18 Å². The maximum atomic E-state index is 12.8. The molecule has 3 rings (SSSR count). The number of amides is 1. The van der Waals surface area contributed by atoms with Gasteiger partial charge in [0.15, 0.2) is 5.17 Å². The van der Waals surface area contributed by atoms with Crippen LogP contribution in [0.3, 0.4) is 0 Å². The second-order valence-electron chi connectivity index (χ2n) is 5.73. The van der Waals surface area contributed by atoms with Crippen molar-refractivity contribution in [2.75, 3.05) is 11.1 Å². The van der Waals surface area contributed by atoms with Crippen molar-refractivity contribution in [2.45, 2.75) is 18.9 Å². The number of nitrogens with two attached hydrogens (primary N) is 1. The van der Waals surface area contributed by atoms with Crippen molar-refractivity contribution in [1.29, 1.82) is 0 Å².